The summed E-state index contributed by atoms with van der Waals surface area (Å²) >= 11 is 5.86. The summed E-state index contributed by atoms with van der Waals surface area (Å²) in [4.78, 5) is 0. The van der Waals surface area contributed by atoms with E-state index in [2.05, 4.69) is 0 Å². The molecule has 0 aliphatic heterocycles. The van der Waals surface area contributed by atoms with E-state index in [1.165, 1.54) is 0 Å². The summed E-state index contributed by atoms with van der Waals surface area (Å²) in [5.74, 6) is 0.772. The number of nitrogens with two attached hydrogens (primary N) is 1. The van der Waals surface area contributed by atoms with Crippen LogP contribution in [0.2, 0.25) is 5.02 Å². The Labute approximate surface area is 95.1 Å². The van der Waals surface area contributed by atoms with Gasteiger partial charge < -0.3 is 15.2 Å². The minimum Gasteiger partial charge on any atom is -0.492 e. The molecule has 1 rings (SSSR count). The molecule has 0 fully saturated rings. The van der Waals surface area contributed by atoms with Crippen LogP contribution in [-0.2, 0) is 4.74 Å². The van der Waals surface area contributed by atoms with Crippen LogP contribution >= 0.6 is 11.6 Å². The number of methoxy groups -OCH3 is 1. The average Bonchev–Trinajstić information content (AvgIpc) is 2.20. The van der Waals surface area contributed by atoms with E-state index >= 15 is 0 Å². The van der Waals surface area contributed by atoms with Gasteiger partial charge in [0, 0.05) is 12.1 Å². The van der Waals surface area contributed by atoms with Crippen molar-refractivity contribution in [2.75, 3.05) is 20.3 Å². The van der Waals surface area contributed by atoms with Crippen molar-refractivity contribution in [1.82, 2.24) is 0 Å². The van der Waals surface area contributed by atoms with Gasteiger partial charge in [0.05, 0.1) is 12.6 Å². The van der Waals surface area contributed by atoms with Gasteiger partial charge in [0.2, 0.25) is 0 Å². The molecule has 3 nitrogen and oxygen atoms in total. The van der Waals surface area contributed by atoms with E-state index in [4.69, 9.17) is 26.8 Å². The SMILES string of the molecule is COCC(N)COc1cc(Cl)ccc1C. The molecule has 0 saturated heterocycles. The fraction of sp³-hybridized carbons (Fsp3) is 0.455. The first-order valence-corrected chi connectivity index (χ1v) is 5.14. The Morgan fingerprint density at radius 1 is 1.40 bits per heavy atom. The molecule has 2 N–H and O–H groups in total. The summed E-state index contributed by atoms with van der Waals surface area (Å²) in [5, 5.41) is 0.663. The minimum atomic E-state index is -0.117. The van der Waals surface area contributed by atoms with Crippen LogP contribution in [-0.4, -0.2) is 26.4 Å². The molecule has 15 heavy (non-hydrogen) atoms. The molecular formula is C11H16ClNO2. The highest BCUT2D eigenvalue weighted by Crippen LogP contribution is 2.22. The van der Waals surface area contributed by atoms with E-state index in [0.29, 0.717) is 18.2 Å². The van der Waals surface area contributed by atoms with Crippen molar-refractivity contribution >= 4 is 11.6 Å². The normalized spacial score (nSPS) is 12.5. The van der Waals surface area contributed by atoms with E-state index in [-0.39, 0.29) is 6.04 Å². The lowest BCUT2D eigenvalue weighted by atomic mass is 10.2. The van der Waals surface area contributed by atoms with Crippen LogP contribution in [0.15, 0.2) is 18.2 Å². The Hall–Kier alpha value is -0.770. The number of hydrogen-bond donors (Lipinski definition) is 1. The zero-order valence-corrected chi connectivity index (χ0v) is 9.75. The standard InChI is InChI=1S/C11H16ClNO2/c1-8-3-4-9(12)5-11(8)15-7-10(13)6-14-2/h3-5,10H,6-7,13H2,1-2H3. The zero-order valence-electron chi connectivity index (χ0n) is 9.00. The van der Waals surface area contributed by atoms with Crippen molar-refractivity contribution < 1.29 is 9.47 Å². The summed E-state index contributed by atoms with van der Waals surface area (Å²) in [6.45, 7) is 2.88. The predicted octanol–water partition coefficient (Wildman–Crippen LogP) is 2.00. The molecule has 0 aliphatic carbocycles. The molecule has 1 unspecified atom stereocenters. The number of rotatable bonds is 5. The van der Waals surface area contributed by atoms with Crippen molar-refractivity contribution in [3.8, 4) is 5.75 Å². The van der Waals surface area contributed by atoms with Crippen LogP contribution in [0.4, 0.5) is 0 Å². The number of benzene rings is 1. The number of hydrogen-bond acceptors (Lipinski definition) is 3. The fourth-order valence-corrected chi connectivity index (χ4v) is 1.35. The molecule has 0 heterocycles. The van der Waals surface area contributed by atoms with Gasteiger partial charge in [0.1, 0.15) is 12.4 Å². The highest BCUT2D eigenvalue weighted by Gasteiger charge is 2.05. The van der Waals surface area contributed by atoms with E-state index in [1.54, 1.807) is 13.2 Å². The van der Waals surface area contributed by atoms with Gasteiger partial charge >= 0.3 is 0 Å². The topological polar surface area (TPSA) is 44.5 Å². The maximum Gasteiger partial charge on any atom is 0.123 e. The quantitative estimate of drug-likeness (QED) is 0.840. The molecule has 0 spiro atoms. The number of aryl methyl sites for hydroxylation is 1. The molecule has 0 amide bonds. The van der Waals surface area contributed by atoms with Crippen molar-refractivity contribution in [1.29, 1.82) is 0 Å². The number of halogens is 1. The van der Waals surface area contributed by atoms with Gasteiger partial charge in [0.15, 0.2) is 0 Å². The third kappa shape index (κ3) is 4.08. The third-order valence-electron chi connectivity index (χ3n) is 1.98. The van der Waals surface area contributed by atoms with Crippen molar-refractivity contribution in [2.24, 2.45) is 5.73 Å². The first kappa shape index (κ1) is 12.3. The monoisotopic (exact) mass is 229 g/mol. The molecule has 1 aromatic rings. The fourth-order valence-electron chi connectivity index (χ4n) is 1.19. The van der Waals surface area contributed by atoms with E-state index in [9.17, 15) is 0 Å². The second-order valence-electron chi connectivity index (χ2n) is 3.44. The van der Waals surface area contributed by atoms with Crippen molar-refractivity contribution in [3.05, 3.63) is 28.8 Å². The Morgan fingerprint density at radius 3 is 2.80 bits per heavy atom. The molecule has 0 aliphatic rings. The largest absolute Gasteiger partial charge is 0.492 e. The van der Waals surface area contributed by atoms with Gasteiger partial charge in [0.25, 0.3) is 0 Å². The second kappa shape index (κ2) is 5.95. The molecule has 1 atom stereocenters. The first-order chi connectivity index (χ1) is 7.13. The van der Waals surface area contributed by atoms with Crippen LogP contribution in [0.1, 0.15) is 5.56 Å². The van der Waals surface area contributed by atoms with E-state index in [0.717, 1.165) is 11.3 Å². The Kier molecular flexibility index (Phi) is 4.88. The second-order valence-corrected chi connectivity index (χ2v) is 3.87. The third-order valence-corrected chi connectivity index (χ3v) is 2.22. The Bertz CT molecular complexity index is 317. The van der Waals surface area contributed by atoms with Gasteiger partial charge in [-0.25, -0.2) is 0 Å². The molecule has 0 bridgehead atoms. The van der Waals surface area contributed by atoms with Gasteiger partial charge in [-0.2, -0.15) is 0 Å². The lowest BCUT2D eigenvalue weighted by Gasteiger charge is -2.13. The van der Waals surface area contributed by atoms with E-state index in [1.807, 2.05) is 19.1 Å². The van der Waals surface area contributed by atoms with Gasteiger partial charge in [-0.1, -0.05) is 17.7 Å². The molecule has 0 radical (unpaired) electrons. The smallest absolute Gasteiger partial charge is 0.123 e. The predicted molar refractivity (Wildman–Crippen MR) is 61.5 cm³/mol. The maximum absolute atomic E-state index is 5.86. The van der Waals surface area contributed by atoms with E-state index < -0.39 is 0 Å². The van der Waals surface area contributed by atoms with Crippen LogP contribution in [0, 0.1) is 6.92 Å². The summed E-state index contributed by atoms with van der Waals surface area (Å²) in [6, 6.07) is 5.42. The van der Waals surface area contributed by atoms with Crippen molar-refractivity contribution in [3.63, 3.8) is 0 Å². The molecule has 0 aromatic heterocycles. The molecule has 4 heteroatoms. The van der Waals surface area contributed by atoms with Crippen molar-refractivity contribution in [2.45, 2.75) is 13.0 Å². The lowest BCUT2D eigenvalue weighted by Crippen LogP contribution is -2.32. The van der Waals surface area contributed by atoms with Crippen LogP contribution in [0.5, 0.6) is 5.75 Å². The highest BCUT2D eigenvalue weighted by molar-refractivity contribution is 6.30. The Morgan fingerprint density at radius 2 is 2.13 bits per heavy atom. The minimum absolute atomic E-state index is 0.117. The van der Waals surface area contributed by atoms with Crippen LogP contribution < -0.4 is 10.5 Å². The van der Waals surface area contributed by atoms with Crippen LogP contribution in [0.25, 0.3) is 0 Å². The average molecular weight is 230 g/mol. The summed E-state index contributed by atoms with van der Waals surface area (Å²) in [7, 11) is 1.62. The van der Waals surface area contributed by atoms with Gasteiger partial charge in [-0.05, 0) is 24.6 Å². The zero-order chi connectivity index (χ0) is 11.3. The molecule has 84 valence electrons. The molecule has 1 aromatic carbocycles. The van der Waals surface area contributed by atoms with Gasteiger partial charge in [-0.3, -0.25) is 0 Å². The highest BCUT2D eigenvalue weighted by atomic mass is 35.5. The molecule has 0 saturated carbocycles. The Balaban J connectivity index is 2.53. The summed E-state index contributed by atoms with van der Waals surface area (Å²) in [6.07, 6.45) is 0. The van der Waals surface area contributed by atoms with Gasteiger partial charge in [-0.15, -0.1) is 0 Å². The summed E-state index contributed by atoms with van der Waals surface area (Å²) in [5.41, 5.74) is 6.78. The summed E-state index contributed by atoms with van der Waals surface area (Å²) < 4.78 is 10.5. The molecular weight excluding hydrogens is 214 g/mol. The first-order valence-electron chi connectivity index (χ1n) is 4.77. The maximum atomic E-state index is 5.86. The van der Waals surface area contributed by atoms with Crippen LogP contribution in [0.3, 0.4) is 0 Å². The number of ether oxygens (including phenoxy) is 2. The lowest BCUT2D eigenvalue weighted by molar-refractivity contribution is 0.152.